The maximum atomic E-state index is 14.0. The van der Waals surface area contributed by atoms with Crippen molar-refractivity contribution < 1.29 is 23.1 Å². The maximum Gasteiger partial charge on any atom is 0.435 e. The highest BCUT2D eigenvalue weighted by molar-refractivity contribution is 7.12. The number of halogens is 3. The van der Waals surface area contributed by atoms with E-state index in [-0.39, 0.29) is 48.0 Å². The van der Waals surface area contributed by atoms with Gasteiger partial charge in [0.1, 0.15) is 16.7 Å². The molecular formula is C26H26F3N5O2S. The average molecular weight is 530 g/mol. The summed E-state index contributed by atoms with van der Waals surface area (Å²) >= 11 is 1.24. The zero-order chi connectivity index (χ0) is 26.9. The smallest absolute Gasteiger partial charge is 0.435 e. The molecule has 3 heterocycles. The summed E-state index contributed by atoms with van der Waals surface area (Å²) in [5.74, 6) is -1.08. The van der Waals surface area contributed by atoms with E-state index in [9.17, 15) is 28.3 Å². The standard InChI is InChI=1S/C26H26F3N5O2S/c1-4-34-14-20(25(31-34)26(27,28)29)17-7-5-8-21(35)24(17)19-13-33(23(36)9-6-10-32(2)3)15-22-18(19)11-16(12-30)37-22/h5-9,11,14,19,35H,4,10,13,15H2,1-3H3/b9-6+. The van der Waals surface area contributed by atoms with Crippen molar-refractivity contribution in [2.75, 3.05) is 27.2 Å². The minimum Gasteiger partial charge on any atom is -0.508 e. The Labute approximate surface area is 216 Å². The monoisotopic (exact) mass is 529 g/mol. The molecule has 0 fully saturated rings. The number of aryl methyl sites for hydroxylation is 1. The number of alkyl halides is 3. The summed E-state index contributed by atoms with van der Waals surface area (Å²) in [6.45, 7) is 2.90. The van der Waals surface area contributed by atoms with Crippen LogP contribution in [0.25, 0.3) is 11.1 Å². The van der Waals surface area contributed by atoms with Gasteiger partial charge in [0.25, 0.3) is 0 Å². The molecule has 194 valence electrons. The lowest BCUT2D eigenvalue weighted by Gasteiger charge is -2.34. The summed E-state index contributed by atoms with van der Waals surface area (Å²) in [6, 6.07) is 8.25. The van der Waals surface area contributed by atoms with Crippen molar-refractivity contribution in [3.8, 4) is 22.9 Å². The molecule has 0 aliphatic carbocycles. The van der Waals surface area contributed by atoms with Crippen LogP contribution < -0.4 is 0 Å². The van der Waals surface area contributed by atoms with Gasteiger partial charge in [-0.1, -0.05) is 18.2 Å². The van der Waals surface area contributed by atoms with E-state index in [0.717, 1.165) is 10.4 Å². The number of nitrogens with zero attached hydrogens (tertiary/aromatic N) is 5. The van der Waals surface area contributed by atoms with Crippen molar-refractivity contribution in [3.05, 3.63) is 69.2 Å². The van der Waals surface area contributed by atoms with Gasteiger partial charge >= 0.3 is 6.18 Å². The molecule has 7 nitrogen and oxygen atoms in total. The molecule has 0 bridgehead atoms. The number of rotatable bonds is 6. The highest BCUT2D eigenvalue weighted by Gasteiger charge is 2.40. The molecule has 1 unspecified atom stereocenters. The molecule has 0 spiro atoms. The Kier molecular flexibility index (Phi) is 7.43. The first kappa shape index (κ1) is 26.4. The number of thiophene rings is 1. The Hall–Kier alpha value is -3.62. The molecule has 0 saturated heterocycles. The fourth-order valence-corrected chi connectivity index (χ4v) is 5.54. The summed E-state index contributed by atoms with van der Waals surface area (Å²) in [7, 11) is 3.76. The van der Waals surface area contributed by atoms with E-state index in [1.54, 1.807) is 24.0 Å². The third-order valence-corrected chi connectivity index (χ3v) is 7.22. The Balaban J connectivity index is 1.86. The molecule has 1 amide bonds. The highest BCUT2D eigenvalue weighted by Crippen LogP contribution is 2.47. The van der Waals surface area contributed by atoms with E-state index >= 15 is 0 Å². The average Bonchev–Trinajstić information content (AvgIpc) is 3.47. The predicted octanol–water partition coefficient (Wildman–Crippen LogP) is 4.82. The van der Waals surface area contributed by atoms with E-state index in [1.165, 1.54) is 46.5 Å². The number of aromatic nitrogens is 2. The summed E-state index contributed by atoms with van der Waals surface area (Å²) in [4.78, 5) is 17.7. The van der Waals surface area contributed by atoms with Gasteiger partial charge < -0.3 is 14.9 Å². The van der Waals surface area contributed by atoms with Crippen molar-refractivity contribution in [1.29, 1.82) is 5.26 Å². The van der Waals surface area contributed by atoms with Crippen LogP contribution in [-0.4, -0.2) is 57.8 Å². The molecule has 11 heteroatoms. The third kappa shape index (κ3) is 5.40. The van der Waals surface area contributed by atoms with Crippen LogP contribution in [-0.2, 0) is 24.1 Å². The van der Waals surface area contributed by atoms with Crippen molar-refractivity contribution in [2.24, 2.45) is 0 Å². The molecule has 1 aromatic carbocycles. The number of benzene rings is 1. The van der Waals surface area contributed by atoms with Gasteiger partial charge in [0.15, 0.2) is 5.69 Å². The number of hydrogen-bond donors (Lipinski definition) is 1. The molecule has 2 aromatic heterocycles. The van der Waals surface area contributed by atoms with E-state index in [4.69, 9.17) is 0 Å². The second-order valence-corrected chi connectivity index (χ2v) is 10.2. The van der Waals surface area contributed by atoms with Crippen molar-refractivity contribution in [1.82, 2.24) is 19.6 Å². The zero-order valence-corrected chi connectivity index (χ0v) is 21.4. The van der Waals surface area contributed by atoms with Crippen molar-refractivity contribution in [3.63, 3.8) is 0 Å². The zero-order valence-electron chi connectivity index (χ0n) is 20.6. The van der Waals surface area contributed by atoms with Crippen LogP contribution in [0.2, 0.25) is 0 Å². The van der Waals surface area contributed by atoms with Crippen LogP contribution in [0.3, 0.4) is 0 Å². The van der Waals surface area contributed by atoms with Crippen LogP contribution in [0.15, 0.2) is 42.6 Å². The van der Waals surface area contributed by atoms with Gasteiger partial charge in [-0.3, -0.25) is 9.48 Å². The first-order chi connectivity index (χ1) is 17.5. The minimum atomic E-state index is -4.70. The quantitative estimate of drug-likeness (QED) is 0.463. The lowest BCUT2D eigenvalue weighted by Crippen LogP contribution is -2.37. The van der Waals surface area contributed by atoms with Crippen molar-refractivity contribution in [2.45, 2.75) is 32.1 Å². The van der Waals surface area contributed by atoms with E-state index < -0.39 is 17.8 Å². The highest BCUT2D eigenvalue weighted by atomic mass is 32.1. The molecule has 1 aliphatic heterocycles. The van der Waals surface area contributed by atoms with Gasteiger partial charge in [0.2, 0.25) is 5.91 Å². The van der Waals surface area contributed by atoms with Gasteiger partial charge in [-0.15, -0.1) is 11.3 Å². The Morgan fingerprint density at radius 2 is 2.11 bits per heavy atom. The van der Waals surface area contributed by atoms with Gasteiger partial charge in [-0.25, -0.2) is 0 Å². The maximum absolute atomic E-state index is 14.0. The van der Waals surface area contributed by atoms with Crippen LogP contribution in [0.4, 0.5) is 13.2 Å². The van der Waals surface area contributed by atoms with E-state index in [1.807, 2.05) is 19.0 Å². The number of nitriles is 1. The lowest BCUT2D eigenvalue weighted by atomic mass is 9.83. The normalized spacial score (nSPS) is 15.8. The fourth-order valence-electron chi connectivity index (χ4n) is 4.50. The first-order valence-electron chi connectivity index (χ1n) is 11.6. The van der Waals surface area contributed by atoms with Gasteiger partial charge in [0, 0.05) is 53.8 Å². The minimum absolute atomic E-state index is 0.133. The number of carbonyl (C=O) groups excluding carboxylic acids is 1. The molecule has 4 rings (SSSR count). The fraction of sp³-hybridized carbons (Fsp3) is 0.346. The lowest BCUT2D eigenvalue weighted by molar-refractivity contribution is -0.141. The Bertz CT molecular complexity index is 1380. The number of phenolic OH excluding ortho intramolecular Hbond substituents is 1. The number of carbonyl (C=O) groups is 1. The largest absolute Gasteiger partial charge is 0.508 e. The molecule has 0 saturated carbocycles. The number of likely N-dealkylation sites (N-methyl/N-ethyl adjacent to an activating group) is 1. The van der Waals surface area contributed by atoms with Crippen molar-refractivity contribution >= 4 is 17.2 Å². The molecule has 1 atom stereocenters. The van der Waals surface area contributed by atoms with Crippen LogP contribution in [0.1, 0.15) is 39.4 Å². The van der Waals surface area contributed by atoms with Gasteiger partial charge in [0.05, 0.1) is 6.54 Å². The van der Waals surface area contributed by atoms with Crippen LogP contribution >= 0.6 is 11.3 Å². The molecule has 1 N–H and O–H groups in total. The van der Waals surface area contributed by atoms with E-state index in [0.29, 0.717) is 11.4 Å². The van der Waals surface area contributed by atoms with E-state index in [2.05, 4.69) is 11.2 Å². The SMILES string of the molecule is CCn1cc(-c2cccc(O)c2C2CN(C(=O)/C=C/CN(C)C)Cc3sc(C#N)cc32)c(C(F)(F)F)n1. The first-order valence-corrected chi connectivity index (χ1v) is 12.4. The van der Waals surface area contributed by atoms with Gasteiger partial charge in [-0.2, -0.15) is 23.5 Å². The second-order valence-electron chi connectivity index (χ2n) is 9.02. The molecule has 3 aromatic rings. The number of aromatic hydroxyl groups is 1. The summed E-state index contributed by atoms with van der Waals surface area (Å²) < 4.78 is 43.1. The number of fused-ring (bicyclic) bond motifs is 1. The Morgan fingerprint density at radius 3 is 2.76 bits per heavy atom. The third-order valence-electron chi connectivity index (χ3n) is 6.18. The van der Waals surface area contributed by atoms with Gasteiger partial charge in [-0.05, 0) is 44.3 Å². The second kappa shape index (κ2) is 10.4. The topological polar surface area (TPSA) is 85.4 Å². The summed E-state index contributed by atoms with van der Waals surface area (Å²) in [5.41, 5.74) is -0.0131. The number of amides is 1. The molecule has 1 aliphatic rings. The van der Waals surface area contributed by atoms with Crippen LogP contribution in [0, 0.1) is 11.3 Å². The van der Waals surface area contributed by atoms with Crippen LogP contribution in [0.5, 0.6) is 5.75 Å². The number of phenols is 1. The molecular weight excluding hydrogens is 503 g/mol. The molecule has 37 heavy (non-hydrogen) atoms. The Morgan fingerprint density at radius 1 is 1.35 bits per heavy atom. The molecule has 0 radical (unpaired) electrons. The summed E-state index contributed by atoms with van der Waals surface area (Å²) in [5, 5.41) is 24.2. The predicted molar refractivity (Wildman–Crippen MR) is 134 cm³/mol. The summed E-state index contributed by atoms with van der Waals surface area (Å²) in [6.07, 6.45) is -0.167. The number of hydrogen-bond acceptors (Lipinski definition) is 6.